The van der Waals surface area contributed by atoms with E-state index in [1.807, 2.05) is 24.4 Å². The van der Waals surface area contributed by atoms with E-state index < -0.39 is 0 Å². The molecule has 19 heavy (non-hydrogen) atoms. The predicted octanol–water partition coefficient (Wildman–Crippen LogP) is 4.23. The van der Waals surface area contributed by atoms with Gasteiger partial charge in [0.25, 0.3) is 5.91 Å². The lowest BCUT2D eigenvalue weighted by Gasteiger charge is -2.07. The fourth-order valence-electron chi connectivity index (χ4n) is 1.99. The summed E-state index contributed by atoms with van der Waals surface area (Å²) in [5.74, 6) is -0.0397. The average Bonchev–Trinajstić information content (AvgIpc) is 3.03. The van der Waals surface area contributed by atoms with Crippen molar-refractivity contribution in [3.63, 3.8) is 0 Å². The maximum Gasteiger partial charge on any atom is 0.268 e. The minimum absolute atomic E-state index is 0.0397. The zero-order valence-corrected chi connectivity index (χ0v) is 13.2. The lowest BCUT2D eigenvalue weighted by Crippen LogP contribution is -2.24. The zero-order chi connectivity index (χ0) is 13.4. The molecule has 0 saturated heterocycles. The quantitative estimate of drug-likeness (QED) is 0.871. The van der Waals surface area contributed by atoms with E-state index in [-0.39, 0.29) is 5.91 Å². The minimum atomic E-state index is -0.0397. The van der Waals surface area contributed by atoms with Crippen LogP contribution in [0, 0.1) is 0 Å². The van der Waals surface area contributed by atoms with Gasteiger partial charge in [0.15, 0.2) is 0 Å². The summed E-state index contributed by atoms with van der Waals surface area (Å²) in [6.07, 6.45) is 4.29. The topological polar surface area (TPSA) is 34.0 Å². The molecule has 1 aliphatic rings. The summed E-state index contributed by atoms with van der Waals surface area (Å²) in [6, 6.07) is 6.14. The van der Waals surface area contributed by atoms with E-state index in [4.69, 9.17) is 11.6 Å². The number of carbonyl (C=O) groups excluding carboxylic acids is 1. The fourth-order valence-corrected chi connectivity index (χ4v) is 3.45. The van der Waals surface area contributed by atoms with Gasteiger partial charge in [-0.25, -0.2) is 0 Å². The summed E-state index contributed by atoms with van der Waals surface area (Å²) in [6.45, 7) is 0.518. The van der Waals surface area contributed by atoms with E-state index in [1.165, 1.54) is 11.3 Å². The first-order chi connectivity index (χ1) is 9.13. The number of rotatable bonds is 4. The van der Waals surface area contributed by atoms with Gasteiger partial charge in [-0.3, -0.25) is 4.79 Å². The minimum Gasteiger partial charge on any atom is -0.346 e. The molecule has 0 unspecified atom stereocenters. The molecule has 1 amide bonds. The number of carbonyl (C=O) groups is 1. The molecule has 6 heteroatoms. The highest BCUT2D eigenvalue weighted by atomic mass is 79.9. The molecule has 3 nitrogen and oxygen atoms in total. The molecular formula is C13H12BrClN2OS. The Balaban J connectivity index is 1.70. The van der Waals surface area contributed by atoms with Crippen LogP contribution in [0.5, 0.6) is 0 Å². The van der Waals surface area contributed by atoms with Gasteiger partial charge in [-0.1, -0.05) is 11.6 Å². The highest BCUT2D eigenvalue weighted by Crippen LogP contribution is 2.37. The van der Waals surface area contributed by atoms with E-state index in [2.05, 4.69) is 25.8 Å². The number of hydrogen-bond acceptors (Lipinski definition) is 2. The predicted molar refractivity (Wildman–Crippen MR) is 80.9 cm³/mol. The number of nitrogens with zero attached hydrogens (tertiary/aromatic N) is 1. The van der Waals surface area contributed by atoms with Crippen LogP contribution >= 0.6 is 38.9 Å². The fraction of sp³-hybridized carbons (Fsp3) is 0.308. The van der Waals surface area contributed by atoms with Crippen molar-refractivity contribution < 1.29 is 4.79 Å². The molecule has 1 saturated carbocycles. The second kappa shape index (κ2) is 5.31. The third kappa shape index (κ3) is 3.04. The Morgan fingerprint density at radius 1 is 1.53 bits per heavy atom. The molecule has 0 aliphatic heterocycles. The van der Waals surface area contributed by atoms with Crippen LogP contribution in [0.25, 0.3) is 0 Å². The monoisotopic (exact) mass is 358 g/mol. The van der Waals surface area contributed by atoms with Gasteiger partial charge < -0.3 is 9.88 Å². The van der Waals surface area contributed by atoms with Crippen molar-refractivity contribution in [2.24, 2.45) is 0 Å². The summed E-state index contributed by atoms with van der Waals surface area (Å²) in [5.41, 5.74) is 0.719. The van der Waals surface area contributed by atoms with Gasteiger partial charge in [0.1, 0.15) is 5.69 Å². The van der Waals surface area contributed by atoms with Crippen molar-refractivity contribution >= 4 is 44.8 Å². The van der Waals surface area contributed by atoms with Crippen molar-refractivity contribution in [2.75, 3.05) is 0 Å². The first-order valence-electron chi connectivity index (χ1n) is 6.03. The Bertz CT molecular complexity index is 618. The molecule has 0 aromatic carbocycles. The molecule has 2 aromatic rings. The highest BCUT2D eigenvalue weighted by molar-refractivity contribution is 9.10. The lowest BCUT2D eigenvalue weighted by atomic mass is 10.3. The van der Waals surface area contributed by atoms with Crippen LogP contribution in [0.15, 0.2) is 28.9 Å². The molecule has 0 bridgehead atoms. The van der Waals surface area contributed by atoms with Crippen molar-refractivity contribution in [3.8, 4) is 0 Å². The molecule has 3 rings (SSSR count). The van der Waals surface area contributed by atoms with Crippen LogP contribution in [-0.2, 0) is 6.54 Å². The average molecular weight is 360 g/mol. The van der Waals surface area contributed by atoms with Crippen LogP contribution < -0.4 is 5.32 Å². The maximum absolute atomic E-state index is 12.2. The van der Waals surface area contributed by atoms with E-state index in [1.54, 1.807) is 0 Å². The van der Waals surface area contributed by atoms with Crippen LogP contribution in [-0.4, -0.2) is 10.5 Å². The van der Waals surface area contributed by atoms with Crippen LogP contribution in [0.1, 0.15) is 34.2 Å². The molecule has 2 aromatic heterocycles. The normalized spacial score (nSPS) is 14.6. The molecular weight excluding hydrogens is 348 g/mol. The Hall–Kier alpha value is -0.780. The van der Waals surface area contributed by atoms with E-state index >= 15 is 0 Å². The third-order valence-corrected chi connectivity index (χ3v) is 4.70. The molecule has 0 radical (unpaired) electrons. The number of nitrogens with one attached hydrogen (secondary N) is 1. The van der Waals surface area contributed by atoms with E-state index in [9.17, 15) is 4.79 Å². The number of amides is 1. The molecule has 0 atom stereocenters. The molecule has 0 spiro atoms. The lowest BCUT2D eigenvalue weighted by molar-refractivity contribution is 0.0942. The summed E-state index contributed by atoms with van der Waals surface area (Å²) in [4.78, 5) is 13.3. The van der Waals surface area contributed by atoms with Crippen molar-refractivity contribution in [1.82, 2.24) is 9.88 Å². The summed E-state index contributed by atoms with van der Waals surface area (Å²) >= 11 is 10.8. The summed E-state index contributed by atoms with van der Waals surface area (Å²) in [7, 11) is 0. The molecule has 2 heterocycles. The molecule has 1 N–H and O–H groups in total. The maximum atomic E-state index is 12.2. The highest BCUT2D eigenvalue weighted by Gasteiger charge is 2.27. The molecule has 1 aliphatic carbocycles. The number of aromatic nitrogens is 1. The largest absolute Gasteiger partial charge is 0.346 e. The smallest absolute Gasteiger partial charge is 0.268 e. The summed E-state index contributed by atoms with van der Waals surface area (Å²) in [5, 5.41) is 2.94. The molecule has 1 fully saturated rings. The number of thiophene rings is 1. The second-order valence-corrected chi connectivity index (χ2v) is 7.29. The van der Waals surface area contributed by atoms with Gasteiger partial charge in [0.2, 0.25) is 0 Å². The van der Waals surface area contributed by atoms with Gasteiger partial charge in [0.05, 0.1) is 10.9 Å². The van der Waals surface area contributed by atoms with E-state index in [0.29, 0.717) is 12.6 Å². The van der Waals surface area contributed by atoms with Gasteiger partial charge in [-0.15, -0.1) is 11.3 Å². The third-order valence-electron chi connectivity index (χ3n) is 3.04. The second-order valence-electron chi connectivity index (χ2n) is 4.57. The number of halogens is 2. The van der Waals surface area contributed by atoms with Crippen molar-refractivity contribution in [3.05, 3.63) is 43.8 Å². The number of hydrogen-bond donors (Lipinski definition) is 1. The molecule has 100 valence electrons. The van der Waals surface area contributed by atoms with Gasteiger partial charge >= 0.3 is 0 Å². The van der Waals surface area contributed by atoms with Crippen LogP contribution in [0.4, 0.5) is 0 Å². The van der Waals surface area contributed by atoms with Crippen molar-refractivity contribution in [2.45, 2.75) is 25.4 Å². The zero-order valence-electron chi connectivity index (χ0n) is 10.0. The van der Waals surface area contributed by atoms with Crippen LogP contribution in [0.2, 0.25) is 4.34 Å². The van der Waals surface area contributed by atoms with Crippen LogP contribution in [0.3, 0.4) is 0 Å². The van der Waals surface area contributed by atoms with Gasteiger partial charge in [-0.05, 0) is 47.0 Å². The summed E-state index contributed by atoms with van der Waals surface area (Å²) < 4.78 is 3.75. The van der Waals surface area contributed by atoms with Crippen molar-refractivity contribution in [1.29, 1.82) is 0 Å². The Morgan fingerprint density at radius 3 is 2.95 bits per heavy atom. The Labute approximate surface area is 128 Å². The SMILES string of the molecule is O=C(NCc1ccc(Cl)s1)c1cc(Br)cn1C1CC1. The van der Waals surface area contributed by atoms with E-state index in [0.717, 1.165) is 32.2 Å². The van der Waals surface area contributed by atoms with Gasteiger partial charge in [-0.2, -0.15) is 0 Å². The van der Waals surface area contributed by atoms with Gasteiger partial charge in [0, 0.05) is 21.6 Å². The first-order valence-corrected chi connectivity index (χ1v) is 8.02. The standard InChI is InChI=1S/C13H12BrClN2OS/c14-8-5-11(17(7-8)9-1-2-9)13(18)16-6-10-3-4-12(15)19-10/h3-5,7,9H,1-2,6H2,(H,16,18). The Kier molecular flexibility index (Phi) is 3.69. The Morgan fingerprint density at radius 2 is 2.32 bits per heavy atom. The first kappa shape index (κ1) is 13.2.